The summed E-state index contributed by atoms with van der Waals surface area (Å²) in [4.78, 5) is 0. The van der Waals surface area contributed by atoms with Gasteiger partial charge in [-0.25, -0.2) is 4.39 Å². The van der Waals surface area contributed by atoms with Crippen molar-refractivity contribution in [1.29, 1.82) is 0 Å². The number of hydrogen-bond acceptors (Lipinski definition) is 0. The molecule has 3 aromatic carbocycles. The molecule has 0 atom stereocenters. The summed E-state index contributed by atoms with van der Waals surface area (Å²) >= 11 is 2.14. The van der Waals surface area contributed by atoms with Crippen LogP contribution < -0.4 is 0 Å². The molecule has 0 saturated carbocycles. The first-order chi connectivity index (χ1) is 10.1. The third kappa shape index (κ3) is 3.32. The third-order valence-corrected chi connectivity index (χ3v) is 4.09. The van der Waals surface area contributed by atoms with E-state index in [0.29, 0.717) is 0 Å². The van der Waals surface area contributed by atoms with Gasteiger partial charge in [0.15, 0.2) is 0 Å². The van der Waals surface area contributed by atoms with Crippen LogP contribution in [0.4, 0.5) is 4.39 Å². The van der Waals surface area contributed by atoms with Gasteiger partial charge in [-0.05, 0) is 70.0 Å². The molecular formula is C19H14FI. The van der Waals surface area contributed by atoms with Gasteiger partial charge in [-0.15, -0.1) is 0 Å². The van der Waals surface area contributed by atoms with Gasteiger partial charge in [0.2, 0.25) is 0 Å². The van der Waals surface area contributed by atoms with Crippen molar-refractivity contribution in [3.8, 4) is 22.3 Å². The normalized spacial score (nSPS) is 10.6. The Hall–Kier alpha value is -1.68. The van der Waals surface area contributed by atoms with Gasteiger partial charge in [0, 0.05) is 3.57 Å². The van der Waals surface area contributed by atoms with Crippen LogP contribution in [-0.4, -0.2) is 0 Å². The Morgan fingerprint density at radius 2 is 1.14 bits per heavy atom. The van der Waals surface area contributed by atoms with Crippen molar-refractivity contribution in [2.45, 2.75) is 6.92 Å². The second-order valence-corrected chi connectivity index (χ2v) is 6.35. The van der Waals surface area contributed by atoms with Crippen molar-refractivity contribution in [3.05, 3.63) is 81.7 Å². The van der Waals surface area contributed by atoms with Crippen LogP contribution in [0.5, 0.6) is 0 Å². The highest BCUT2D eigenvalue weighted by Gasteiger charge is 2.03. The zero-order valence-electron chi connectivity index (χ0n) is 11.6. The summed E-state index contributed by atoms with van der Waals surface area (Å²) in [5.41, 5.74) is 5.56. The SMILES string of the molecule is Cc1ccc(-c2ccc(-c3cc(F)cc(I)c3)cc2)cc1. The predicted molar refractivity (Wildman–Crippen MR) is 94.7 cm³/mol. The first kappa shape index (κ1) is 14.3. The molecule has 0 radical (unpaired) electrons. The Balaban J connectivity index is 1.95. The summed E-state index contributed by atoms with van der Waals surface area (Å²) in [6.45, 7) is 2.08. The van der Waals surface area contributed by atoms with Crippen LogP contribution in [0.1, 0.15) is 5.56 Å². The molecule has 0 bridgehead atoms. The molecule has 0 unspecified atom stereocenters. The van der Waals surface area contributed by atoms with Gasteiger partial charge in [0.1, 0.15) is 5.82 Å². The Labute approximate surface area is 137 Å². The number of halogens is 2. The molecule has 0 aromatic heterocycles. The van der Waals surface area contributed by atoms with Crippen molar-refractivity contribution >= 4 is 22.6 Å². The molecule has 0 aliphatic carbocycles. The molecule has 21 heavy (non-hydrogen) atoms. The third-order valence-electron chi connectivity index (χ3n) is 3.47. The molecule has 0 aliphatic heterocycles. The van der Waals surface area contributed by atoms with E-state index in [1.807, 2.05) is 18.2 Å². The van der Waals surface area contributed by atoms with Crippen molar-refractivity contribution in [1.82, 2.24) is 0 Å². The predicted octanol–water partition coefficient (Wildman–Crippen LogP) is 6.07. The van der Waals surface area contributed by atoms with Gasteiger partial charge >= 0.3 is 0 Å². The number of benzene rings is 3. The van der Waals surface area contributed by atoms with E-state index >= 15 is 0 Å². The van der Waals surface area contributed by atoms with Gasteiger partial charge in [0.05, 0.1) is 0 Å². The Bertz CT molecular complexity index is 738. The lowest BCUT2D eigenvalue weighted by molar-refractivity contribution is 0.627. The van der Waals surface area contributed by atoms with Crippen LogP contribution in [0.25, 0.3) is 22.3 Å². The largest absolute Gasteiger partial charge is 0.207 e. The molecule has 0 fully saturated rings. The molecule has 0 N–H and O–H groups in total. The maximum absolute atomic E-state index is 13.5. The van der Waals surface area contributed by atoms with E-state index in [9.17, 15) is 4.39 Å². The number of rotatable bonds is 2. The Kier molecular flexibility index (Phi) is 4.06. The van der Waals surface area contributed by atoms with Crippen molar-refractivity contribution in [2.75, 3.05) is 0 Å². The van der Waals surface area contributed by atoms with Crippen LogP contribution in [0.3, 0.4) is 0 Å². The van der Waals surface area contributed by atoms with E-state index in [1.54, 1.807) is 6.07 Å². The molecule has 0 spiro atoms. The highest BCUT2D eigenvalue weighted by molar-refractivity contribution is 14.1. The highest BCUT2D eigenvalue weighted by atomic mass is 127. The van der Waals surface area contributed by atoms with E-state index < -0.39 is 0 Å². The lowest BCUT2D eigenvalue weighted by Crippen LogP contribution is -1.84. The molecule has 0 saturated heterocycles. The number of aryl methyl sites for hydroxylation is 1. The van der Waals surface area contributed by atoms with Crippen molar-refractivity contribution in [2.24, 2.45) is 0 Å². The second-order valence-electron chi connectivity index (χ2n) is 5.10. The van der Waals surface area contributed by atoms with Crippen LogP contribution in [-0.2, 0) is 0 Å². The van der Waals surface area contributed by atoms with Crippen molar-refractivity contribution < 1.29 is 4.39 Å². The molecule has 0 nitrogen and oxygen atoms in total. The van der Waals surface area contributed by atoms with Gasteiger partial charge in [-0.3, -0.25) is 0 Å². The zero-order valence-corrected chi connectivity index (χ0v) is 13.8. The average Bonchev–Trinajstić information content (AvgIpc) is 2.47. The van der Waals surface area contributed by atoms with Gasteiger partial charge in [0.25, 0.3) is 0 Å². The maximum atomic E-state index is 13.5. The van der Waals surface area contributed by atoms with E-state index in [-0.39, 0.29) is 5.82 Å². The molecule has 104 valence electrons. The lowest BCUT2D eigenvalue weighted by Gasteiger charge is -2.06. The average molecular weight is 388 g/mol. The summed E-state index contributed by atoms with van der Waals surface area (Å²) in [5, 5.41) is 0. The molecule has 2 heteroatoms. The van der Waals surface area contributed by atoms with Crippen LogP contribution in [0.2, 0.25) is 0 Å². The molecule has 3 aromatic rings. The fourth-order valence-electron chi connectivity index (χ4n) is 2.32. The standard InChI is InChI=1S/C19H14FI/c1-13-2-4-14(5-3-13)15-6-8-16(9-7-15)17-10-18(20)12-19(21)11-17/h2-12H,1H3. The summed E-state index contributed by atoms with van der Waals surface area (Å²) in [6.07, 6.45) is 0. The van der Waals surface area contributed by atoms with E-state index in [0.717, 1.165) is 14.7 Å². The van der Waals surface area contributed by atoms with Crippen LogP contribution in [0.15, 0.2) is 66.7 Å². The smallest absolute Gasteiger partial charge is 0.124 e. The van der Waals surface area contributed by atoms with E-state index in [4.69, 9.17) is 0 Å². The monoisotopic (exact) mass is 388 g/mol. The van der Waals surface area contributed by atoms with E-state index in [1.165, 1.54) is 22.8 Å². The molecular weight excluding hydrogens is 374 g/mol. The van der Waals surface area contributed by atoms with E-state index in [2.05, 4.69) is 65.9 Å². The molecule has 0 aliphatic rings. The minimum absolute atomic E-state index is 0.195. The second kappa shape index (κ2) is 5.98. The summed E-state index contributed by atoms with van der Waals surface area (Å²) < 4.78 is 14.4. The lowest BCUT2D eigenvalue weighted by atomic mass is 10.00. The Morgan fingerprint density at radius 1 is 0.667 bits per heavy atom. The fourth-order valence-corrected chi connectivity index (χ4v) is 2.95. The quantitative estimate of drug-likeness (QED) is 0.468. The van der Waals surface area contributed by atoms with Crippen LogP contribution in [0, 0.1) is 16.3 Å². The first-order valence-corrected chi connectivity index (χ1v) is 7.83. The Morgan fingerprint density at radius 3 is 1.67 bits per heavy atom. The molecule has 0 amide bonds. The van der Waals surface area contributed by atoms with Gasteiger partial charge in [-0.1, -0.05) is 54.1 Å². The number of hydrogen-bond donors (Lipinski definition) is 0. The first-order valence-electron chi connectivity index (χ1n) is 6.75. The highest BCUT2D eigenvalue weighted by Crippen LogP contribution is 2.26. The maximum Gasteiger partial charge on any atom is 0.124 e. The van der Waals surface area contributed by atoms with Gasteiger partial charge < -0.3 is 0 Å². The topological polar surface area (TPSA) is 0 Å². The summed E-state index contributed by atoms with van der Waals surface area (Å²) in [6, 6.07) is 21.8. The summed E-state index contributed by atoms with van der Waals surface area (Å²) in [7, 11) is 0. The minimum atomic E-state index is -0.195. The van der Waals surface area contributed by atoms with Crippen molar-refractivity contribution in [3.63, 3.8) is 0 Å². The van der Waals surface area contributed by atoms with Gasteiger partial charge in [-0.2, -0.15) is 0 Å². The molecule has 0 heterocycles. The minimum Gasteiger partial charge on any atom is -0.207 e. The molecule has 3 rings (SSSR count). The summed E-state index contributed by atoms with van der Waals surface area (Å²) in [5.74, 6) is -0.195. The zero-order chi connectivity index (χ0) is 14.8. The fraction of sp³-hybridized carbons (Fsp3) is 0.0526. The van der Waals surface area contributed by atoms with Crippen LogP contribution >= 0.6 is 22.6 Å².